The fourth-order valence-corrected chi connectivity index (χ4v) is 5.44. The first kappa shape index (κ1) is 27.6. The van der Waals surface area contributed by atoms with Crippen LogP contribution in [-0.4, -0.2) is 43.5 Å². The quantitative estimate of drug-likeness (QED) is 0.170. The van der Waals surface area contributed by atoms with Gasteiger partial charge in [0.2, 0.25) is 11.8 Å². The van der Waals surface area contributed by atoms with Crippen LogP contribution in [0.3, 0.4) is 0 Å². The molecule has 0 saturated heterocycles. The number of amides is 2. The molecule has 5 rings (SSSR count). The predicted molar refractivity (Wildman–Crippen MR) is 154 cm³/mol. The molecule has 2 amide bonds. The van der Waals surface area contributed by atoms with Gasteiger partial charge in [-0.15, -0.1) is 0 Å². The van der Waals surface area contributed by atoms with Crippen molar-refractivity contribution < 1.29 is 9.59 Å². The minimum absolute atomic E-state index is 0.0437. The molecule has 4 aromatic rings. The fraction of sp³-hybridized carbons (Fsp3) is 0.393. The van der Waals surface area contributed by atoms with E-state index in [9.17, 15) is 9.59 Å². The molecular weight excluding hydrogens is 530 g/mol. The van der Waals surface area contributed by atoms with Crippen LogP contribution < -0.4 is 22.1 Å². The molecule has 0 radical (unpaired) electrons. The number of pyridine rings is 1. The van der Waals surface area contributed by atoms with Gasteiger partial charge in [-0.3, -0.25) is 19.7 Å². The fourth-order valence-electron chi connectivity index (χ4n) is 5.20. The number of nitrogens with zero attached hydrogens (tertiary/aromatic N) is 3. The molecule has 11 nitrogen and oxygen atoms in total. The first-order valence-corrected chi connectivity index (χ1v) is 14.0. The highest BCUT2D eigenvalue weighted by Gasteiger charge is 2.29. The number of imidazole rings is 1. The lowest BCUT2D eigenvalue weighted by molar-refractivity contribution is -0.127. The highest BCUT2D eigenvalue weighted by molar-refractivity contribution is 6.32. The van der Waals surface area contributed by atoms with Gasteiger partial charge in [-0.2, -0.15) is 5.10 Å². The summed E-state index contributed by atoms with van der Waals surface area (Å²) >= 11 is 6.60. The van der Waals surface area contributed by atoms with Crippen molar-refractivity contribution in [2.24, 2.45) is 17.6 Å². The van der Waals surface area contributed by atoms with E-state index in [2.05, 4.69) is 30.8 Å². The van der Waals surface area contributed by atoms with Gasteiger partial charge < -0.3 is 27.1 Å². The van der Waals surface area contributed by atoms with Gasteiger partial charge in [0, 0.05) is 29.5 Å². The van der Waals surface area contributed by atoms with E-state index >= 15 is 0 Å². The lowest BCUT2D eigenvalue weighted by Gasteiger charge is -2.28. The topological polar surface area (TPSA) is 180 Å². The summed E-state index contributed by atoms with van der Waals surface area (Å²) in [5.41, 5.74) is 14.6. The Bertz CT molecular complexity index is 1460. The number of carbonyl (C=O) groups excluding carboxylic acids is 2. The lowest BCUT2D eigenvalue weighted by atomic mass is 9.81. The first-order valence-electron chi connectivity index (χ1n) is 13.6. The molecule has 1 fully saturated rings. The van der Waals surface area contributed by atoms with Crippen molar-refractivity contribution in [3.05, 3.63) is 59.3 Å². The molecule has 1 saturated carbocycles. The Labute approximate surface area is 236 Å². The molecule has 12 heteroatoms. The molecule has 0 spiro atoms. The zero-order valence-electron chi connectivity index (χ0n) is 22.1. The lowest BCUT2D eigenvalue weighted by Crippen LogP contribution is -2.37. The average Bonchev–Trinajstić information content (AvgIpc) is 3.56. The number of hydrogen-bond acceptors (Lipinski definition) is 7. The van der Waals surface area contributed by atoms with Crippen molar-refractivity contribution in [3.63, 3.8) is 0 Å². The molecule has 1 atom stereocenters. The van der Waals surface area contributed by atoms with Crippen LogP contribution >= 0.6 is 11.6 Å². The molecular formula is C28H34ClN9O2. The third-order valence-electron chi connectivity index (χ3n) is 7.59. The number of H-pyrrole nitrogens is 2. The number of hydrogen-bond donors (Lipinski definition) is 6. The van der Waals surface area contributed by atoms with Crippen LogP contribution in [-0.2, 0) is 16.1 Å². The maximum atomic E-state index is 13.3. The van der Waals surface area contributed by atoms with E-state index in [1.54, 1.807) is 6.20 Å². The molecule has 3 heterocycles. The number of benzene rings is 1. The Morgan fingerprint density at radius 3 is 2.73 bits per heavy atom. The van der Waals surface area contributed by atoms with Gasteiger partial charge in [0.1, 0.15) is 16.7 Å². The molecule has 3 aromatic heterocycles. The van der Waals surface area contributed by atoms with Crippen molar-refractivity contribution in [1.29, 1.82) is 0 Å². The first-order chi connectivity index (χ1) is 19.4. The molecule has 1 unspecified atom stereocenters. The minimum Gasteiger partial charge on any atom is -0.382 e. The number of nitrogen functional groups attached to an aromatic ring is 1. The normalized spacial score (nSPS) is 17.9. The van der Waals surface area contributed by atoms with Crippen LogP contribution in [0.2, 0.25) is 5.15 Å². The summed E-state index contributed by atoms with van der Waals surface area (Å²) in [7, 11) is 0. The summed E-state index contributed by atoms with van der Waals surface area (Å²) in [4.78, 5) is 38.1. The monoisotopic (exact) mass is 563 g/mol. The molecule has 210 valence electrons. The summed E-state index contributed by atoms with van der Waals surface area (Å²) in [6, 6.07) is 10.6. The molecule has 40 heavy (non-hydrogen) atoms. The number of fused-ring (bicyclic) bond motifs is 1. The van der Waals surface area contributed by atoms with Crippen LogP contribution in [0.5, 0.6) is 0 Å². The Balaban J connectivity index is 1.32. The average molecular weight is 564 g/mol. The number of halogens is 1. The van der Waals surface area contributed by atoms with Crippen LogP contribution in [0.1, 0.15) is 56.1 Å². The van der Waals surface area contributed by atoms with Gasteiger partial charge in [0.05, 0.1) is 23.8 Å². The van der Waals surface area contributed by atoms with Gasteiger partial charge >= 0.3 is 0 Å². The van der Waals surface area contributed by atoms with Crippen LogP contribution in [0, 0.1) is 11.8 Å². The van der Waals surface area contributed by atoms with Crippen molar-refractivity contribution in [3.8, 4) is 11.3 Å². The number of aromatic nitrogens is 5. The predicted octanol–water partition coefficient (Wildman–Crippen LogP) is 3.60. The summed E-state index contributed by atoms with van der Waals surface area (Å²) in [5, 5.41) is 14.1. The highest BCUT2D eigenvalue weighted by Crippen LogP contribution is 2.33. The van der Waals surface area contributed by atoms with E-state index in [1.807, 2.05) is 36.4 Å². The van der Waals surface area contributed by atoms with E-state index in [0.29, 0.717) is 47.9 Å². The minimum atomic E-state index is -0.530. The Morgan fingerprint density at radius 1 is 1.15 bits per heavy atom. The van der Waals surface area contributed by atoms with Gasteiger partial charge in [0.25, 0.3) is 0 Å². The highest BCUT2D eigenvalue weighted by atomic mass is 35.5. The maximum Gasteiger partial charge on any atom is 0.223 e. The molecule has 0 bridgehead atoms. The number of nitrogens with one attached hydrogen (secondary N) is 4. The van der Waals surface area contributed by atoms with Crippen molar-refractivity contribution in [2.45, 2.75) is 51.1 Å². The van der Waals surface area contributed by atoms with Gasteiger partial charge in [-0.1, -0.05) is 23.7 Å². The van der Waals surface area contributed by atoms with Crippen LogP contribution in [0.15, 0.2) is 42.6 Å². The zero-order valence-corrected chi connectivity index (χ0v) is 22.9. The summed E-state index contributed by atoms with van der Waals surface area (Å²) in [6.45, 7) is 0.980. The number of aromatic amines is 2. The molecule has 1 aliphatic carbocycles. The van der Waals surface area contributed by atoms with Crippen molar-refractivity contribution in [2.75, 3.05) is 12.3 Å². The Hall–Kier alpha value is -3.96. The van der Waals surface area contributed by atoms with E-state index in [4.69, 9.17) is 28.1 Å². The second kappa shape index (κ2) is 12.5. The van der Waals surface area contributed by atoms with Crippen molar-refractivity contribution in [1.82, 2.24) is 35.8 Å². The van der Waals surface area contributed by atoms with Gasteiger partial charge in [0.15, 0.2) is 5.82 Å². The van der Waals surface area contributed by atoms with E-state index in [1.165, 1.54) is 0 Å². The van der Waals surface area contributed by atoms with E-state index < -0.39 is 6.04 Å². The maximum absolute atomic E-state index is 13.3. The Kier molecular flexibility index (Phi) is 8.61. The summed E-state index contributed by atoms with van der Waals surface area (Å²) < 4.78 is 0. The SMILES string of the molecule is NCC1CCC(C(=O)NC(CCC(=O)NCc2ccccn2)c2nc(-c3ccc4c(N)n[nH]c4c3)c(Cl)[nH]2)CC1. The van der Waals surface area contributed by atoms with E-state index in [-0.39, 0.29) is 24.2 Å². The van der Waals surface area contributed by atoms with Crippen LogP contribution in [0.25, 0.3) is 22.2 Å². The second-order valence-corrected chi connectivity index (χ2v) is 10.7. The largest absolute Gasteiger partial charge is 0.382 e. The van der Waals surface area contributed by atoms with Crippen LogP contribution in [0.4, 0.5) is 5.82 Å². The zero-order chi connectivity index (χ0) is 28.1. The molecule has 1 aliphatic rings. The number of anilines is 1. The number of carbonyl (C=O) groups is 2. The van der Waals surface area contributed by atoms with Gasteiger partial charge in [-0.25, -0.2) is 4.98 Å². The number of nitrogens with two attached hydrogens (primary N) is 2. The summed E-state index contributed by atoms with van der Waals surface area (Å²) in [5.74, 6) is 1.09. The molecule has 0 aliphatic heterocycles. The summed E-state index contributed by atoms with van der Waals surface area (Å²) in [6.07, 6.45) is 5.68. The second-order valence-electron chi connectivity index (χ2n) is 10.3. The number of rotatable bonds is 10. The van der Waals surface area contributed by atoms with Gasteiger partial charge in [-0.05, 0) is 68.8 Å². The third-order valence-corrected chi connectivity index (χ3v) is 7.87. The molecule has 8 N–H and O–H groups in total. The third kappa shape index (κ3) is 6.43. The van der Waals surface area contributed by atoms with Crippen molar-refractivity contribution >= 4 is 40.1 Å². The standard InChI is InChI=1S/C28H34ClN9O2/c29-25-24(18-8-9-20-22(13-18)37-38-26(20)31)35-27(36-25)21(34-28(40)17-6-4-16(14-30)5-7-17)10-11-23(39)33-15-19-3-1-2-12-32-19/h1-3,8-9,12-13,16-17,21H,4-7,10-11,14-15,30H2,(H,33,39)(H,34,40)(H,35,36)(H3,31,37,38). The van der Waals surface area contributed by atoms with E-state index in [0.717, 1.165) is 47.8 Å². The smallest absolute Gasteiger partial charge is 0.223 e. The Morgan fingerprint density at radius 2 is 1.98 bits per heavy atom. The molecule has 1 aromatic carbocycles.